The van der Waals surface area contributed by atoms with E-state index in [9.17, 15) is 4.79 Å². The van der Waals surface area contributed by atoms with E-state index in [-0.39, 0.29) is 5.78 Å². The fourth-order valence-electron chi connectivity index (χ4n) is 2.48. The minimum absolute atomic E-state index is 0.0311. The molecule has 2 aromatic carbocycles. The van der Waals surface area contributed by atoms with Crippen LogP contribution in [0.5, 0.6) is 0 Å². The van der Waals surface area contributed by atoms with Gasteiger partial charge in [0, 0.05) is 15.6 Å². The molecule has 0 unspecified atom stereocenters. The molecule has 0 spiro atoms. The summed E-state index contributed by atoms with van der Waals surface area (Å²) in [5.74, 6) is 0.657. The number of benzene rings is 2. The Kier molecular flexibility index (Phi) is 3.95. The van der Waals surface area contributed by atoms with Gasteiger partial charge in [-0.1, -0.05) is 58.2 Å². The van der Waals surface area contributed by atoms with E-state index < -0.39 is 0 Å². The molecule has 1 fully saturated rings. The lowest BCUT2D eigenvalue weighted by molar-refractivity contribution is 0.103. The maximum Gasteiger partial charge on any atom is 0.194 e. The molecule has 0 atom stereocenters. The van der Waals surface area contributed by atoms with Crippen LogP contribution in [0.4, 0.5) is 0 Å². The van der Waals surface area contributed by atoms with Gasteiger partial charge in [-0.05, 0) is 42.5 Å². The Hall–Kier alpha value is -1.12. The Morgan fingerprint density at radius 2 is 1.80 bits per heavy atom. The Balaban J connectivity index is 1.88. The number of ketones is 1. The Bertz CT molecular complexity index is 645. The standard InChI is InChI=1S/C17H14BrClO/c18-14-8-9-16(19)15(10-14)17(20)13-6-4-12(5-7-13)11-2-1-3-11/h4-11H,1-3H2. The average Bonchev–Trinajstić information content (AvgIpc) is 2.40. The van der Waals surface area contributed by atoms with E-state index in [2.05, 4.69) is 28.1 Å². The highest BCUT2D eigenvalue weighted by Gasteiger charge is 2.20. The van der Waals surface area contributed by atoms with Gasteiger partial charge in [-0.25, -0.2) is 0 Å². The minimum atomic E-state index is -0.0311. The summed E-state index contributed by atoms with van der Waals surface area (Å²) in [5.41, 5.74) is 2.57. The SMILES string of the molecule is O=C(c1ccc(C2CCC2)cc1)c1cc(Br)ccc1Cl. The fraction of sp³-hybridized carbons (Fsp3) is 0.235. The number of halogens is 2. The maximum atomic E-state index is 12.5. The Labute approximate surface area is 132 Å². The molecule has 1 saturated carbocycles. The molecule has 1 aliphatic rings. The molecule has 1 nitrogen and oxygen atoms in total. The van der Waals surface area contributed by atoms with Gasteiger partial charge in [-0.3, -0.25) is 4.79 Å². The molecular weight excluding hydrogens is 336 g/mol. The first-order valence-electron chi connectivity index (χ1n) is 6.75. The van der Waals surface area contributed by atoms with Crippen LogP contribution in [0.2, 0.25) is 5.02 Å². The van der Waals surface area contributed by atoms with Gasteiger partial charge in [-0.2, -0.15) is 0 Å². The second-order valence-corrected chi connectivity index (χ2v) is 6.53. The molecule has 0 bridgehead atoms. The predicted octanol–water partition coefficient (Wildman–Crippen LogP) is 5.60. The van der Waals surface area contributed by atoms with Gasteiger partial charge in [0.15, 0.2) is 5.78 Å². The molecule has 0 radical (unpaired) electrons. The van der Waals surface area contributed by atoms with E-state index in [1.54, 1.807) is 12.1 Å². The van der Waals surface area contributed by atoms with Crippen LogP contribution < -0.4 is 0 Å². The van der Waals surface area contributed by atoms with Crippen LogP contribution in [0, 0.1) is 0 Å². The normalized spacial score (nSPS) is 14.9. The van der Waals surface area contributed by atoms with Crippen LogP contribution in [0.15, 0.2) is 46.9 Å². The van der Waals surface area contributed by atoms with Crippen molar-refractivity contribution < 1.29 is 4.79 Å². The third kappa shape index (κ3) is 2.68. The molecule has 20 heavy (non-hydrogen) atoms. The van der Waals surface area contributed by atoms with Crippen molar-refractivity contribution in [2.75, 3.05) is 0 Å². The molecular formula is C17H14BrClO. The van der Waals surface area contributed by atoms with Gasteiger partial charge in [0.05, 0.1) is 5.02 Å². The first kappa shape index (κ1) is 13.8. The summed E-state index contributed by atoms with van der Waals surface area (Å²) < 4.78 is 0.858. The molecule has 102 valence electrons. The van der Waals surface area contributed by atoms with Crippen molar-refractivity contribution in [3.8, 4) is 0 Å². The summed E-state index contributed by atoms with van der Waals surface area (Å²) in [7, 11) is 0. The van der Waals surface area contributed by atoms with Crippen molar-refractivity contribution in [1.29, 1.82) is 0 Å². The summed E-state index contributed by atoms with van der Waals surface area (Å²) in [6.45, 7) is 0. The van der Waals surface area contributed by atoms with Crippen LogP contribution >= 0.6 is 27.5 Å². The van der Waals surface area contributed by atoms with Crippen LogP contribution in [-0.4, -0.2) is 5.78 Å². The molecule has 2 aromatic rings. The van der Waals surface area contributed by atoms with Crippen molar-refractivity contribution >= 4 is 33.3 Å². The summed E-state index contributed by atoms with van der Waals surface area (Å²) in [4.78, 5) is 12.5. The highest BCUT2D eigenvalue weighted by Crippen LogP contribution is 2.36. The highest BCUT2D eigenvalue weighted by molar-refractivity contribution is 9.10. The van der Waals surface area contributed by atoms with E-state index in [4.69, 9.17) is 11.6 Å². The van der Waals surface area contributed by atoms with E-state index in [1.807, 2.05) is 18.2 Å². The van der Waals surface area contributed by atoms with E-state index in [1.165, 1.54) is 24.8 Å². The van der Waals surface area contributed by atoms with Crippen molar-refractivity contribution in [3.05, 3.63) is 68.7 Å². The zero-order valence-electron chi connectivity index (χ0n) is 10.9. The van der Waals surface area contributed by atoms with E-state index in [0.717, 1.165) is 4.47 Å². The topological polar surface area (TPSA) is 17.1 Å². The summed E-state index contributed by atoms with van der Waals surface area (Å²) >= 11 is 9.49. The summed E-state index contributed by atoms with van der Waals surface area (Å²) in [6.07, 6.45) is 3.86. The van der Waals surface area contributed by atoms with Crippen molar-refractivity contribution in [2.45, 2.75) is 25.2 Å². The smallest absolute Gasteiger partial charge is 0.194 e. The summed E-state index contributed by atoms with van der Waals surface area (Å²) in [6, 6.07) is 13.3. The van der Waals surface area contributed by atoms with E-state index >= 15 is 0 Å². The van der Waals surface area contributed by atoms with Crippen LogP contribution in [0.1, 0.15) is 46.7 Å². The predicted molar refractivity (Wildman–Crippen MR) is 85.6 cm³/mol. The largest absolute Gasteiger partial charge is 0.289 e. The third-order valence-electron chi connectivity index (χ3n) is 3.92. The highest BCUT2D eigenvalue weighted by atomic mass is 79.9. The van der Waals surface area contributed by atoms with Crippen molar-refractivity contribution in [2.24, 2.45) is 0 Å². The quantitative estimate of drug-likeness (QED) is 0.659. The zero-order chi connectivity index (χ0) is 14.1. The number of carbonyl (C=O) groups excluding carboxylic acids is 1. The lowest BCUT2D eigenvalue weighted by Crippen LogP contribution is -2.09. The number of carbonyl (C=O) groups is 1. The molecule has 0 heterocycles. The van der Waals surface area contributed by atoms with Crippen molar-refractivity contribution in [1.82, 2.24) is 0 Å². The molecule has 0 N–H and O–H groups in total. The average molecular weight is 350 g/mol. The molecule has 1 aliphatic carbocycles. The van der Waals surface area contributed by atoms with Gasteiger partial charge in [0.2, 0.25) is 0 Å². The van der Waals surface area contributed by atoms with Gasteiger partial charge < -0.3 is 0 Å². The molecule has 0 saturated heterocycles. The number of hydrogen-bond acceptors (Lipinski definition) is 1. The fourth-order valence-corrected chi connectivity index (χ4v) is 3.04. The van der Waals surface area contributed by atoms with E-state index in [0.29, 0.717) is 22.1 Å². The maximum absolute atomic E-state index is 12.5. The van der Waals surface area contributed by atoms with Gasteiger partial charge in [0.25, 0.3) is 0 Å². The number of rotatable bonds is 3. The van der Waals surface area contributed by atoms with Crippen LogP contribution in [-0.2, 0) is 0 Å². The first-order chi connectivity index (χ1) is 9.65. The molecule has 3 rings (SSSR count). The zero-order valence-corrected chi connectivity index (χ0v) is 13.2. The minimum Gasteiger partial charge on any atom is -0.289 e. The Morgan fingerprint density at radius 3 is 2.40 bits per heavy atom. The monoisotopic (exact) mass is 348 g/mol. The summed E-state index contributed by atoms with van der Waals surface area (Å²) in [5, 5.41) is 0.487. The molecule has 3 heteroatoms. The van der Waals surface area contributed by atoms with Crippen LogP contribution in [0.3, 0.4) is 0 Å². The first-order valence-corrected chi connectivity index (χ1v) is 7.92. The lowest BCUT2D eigenvalue weighted by atomic mass is 9.80. The molecule has 0 aromatic heterocycles. The number of hydrogen-bond donors (Lipinski definition) is 0. The van der Waals surface area contributed by atoms with Gasteiger partial charge in [-0.15, -0.1) is 0 Å². The van der Waals surface area contributed by atoms with Crippen molar-refractivity contribution in [3.63, 3.8) is 0 Å². The third-order valence-corrected chi connectivity index (χ3v) is 4.75. The van der Waals surface area contributed by atoms with Gasteiger partial charge in [0.1, 0.15) is 0 Å². The second-order valence-electron chi connectivity index (χ2n) is 5.20. The lowest BCUT2D eigenvalue weighted by Gasteiger charge is -2.25. The van der Waals surface area contributed by atoms with Gasteiger partial charge >= 0.3 is 0 Å². The molecule has 0 aliphatic heterocycles. The Morgan fingerprint density at radius 1 is 1.10 bits per heavy atom. The second kappa shape index (κ2) is 5.71. The van der Waals surface area contributed by atoms with Crippen LogP contribution in [0.25, 0.3) is 0 Å². The molecule has 0 amide bonds.